The van der Waals surface area contributed by atoms with Crippen molar-refractivity contribution in [1.82, 2.24) is 9.88 Å². The highest BCUT2D eigenvalue weighted by atomic mass is 32.1. The Hall–Kier alpha value is -2.40. The van der Waals surface area contributed by atoms with E-state index < -0.39 is 0 Å². The fourth-order valence-electron chi connectivity index (χ4n) is 2.20. The molecule has 4 nitrogen and oxygen atoms in total. The number of pyridine rings is 1. The van der Waals surface area contributed by atoms with Gasteiger partial charge in [0, 0.05) is 10.6 Å². The second-order valence-corrected chi connectivity index (χ2v) is 6.02. The summed E-state index contributed by atoms with van der Waals surface area (Å²) >= 11 is 1.63. The van der Waals surface area contributed by atoms with Gasteiger partial charge >= 0.3 is 0 Å². The van der Waals surface area contributed by atoms with Gasteiger partial charge in [-0.15, -0.1) is 11.3 Å². The van der Waals surface area contributed by atoms with E-state index in [1.807, 2.05) is 48.7 Å². The van der Waals surface area contributed by atoms with E-state index in [9.17, 15) is 4.79 Å². The zero-order valence-corrected chi connectivity index (χ0v) is 13.0. The number of furan rings is 1. The molecule has 0 unspecified atom stereocenters. The van der Waals surface area contributed by atoms with Crippen molar-refractivity contribution in [2.24, 2.45) is 0 Å². The molecule has 0 saturated carbocycles. The van der Waals surface area contributed by atoms with E-state index in [0.717, 1.165) is 16.3 Å². The van der Waals surface area contributed by atoms with Crippen LogP contribution in [-0.2, 0) is 13.1 Å². The van der Waals surface area contributed by atoms with Crippen molar-refractivity contribution in [2.45, 2.75) is 20.0 Å². The molecule has 0 spiro atoms. The van der Waals surface area contributed by atoms with E-state index >= 15 is 0 Å². The minimum atomic E-state index is -0.0894. The van der Waals surface area contributed by atoms with Crippen LogP contribution in [0.2, 0.25) is 0 Å². The maximum absolute atomic E-state index is 12.8. The number of aromatic nitrogens is 1. The Bertz CT molecular complexity index is 700. The van der Waals surface area contributed by atoms with Crippen molar-refractivity contribution in [3.63, 3.8) is 0 Å². The topological polar surface area (TPSA) is 46.3 Å². The van der Waals surface area contributed by atoms with Gasteiger partial charge in [0.05, 0.1) is 19.4 Å². The number of aryl methyl sites for hydroxylation is 1. The summed E-state index contributed by atoms with van der Waals surface area (Å²) in [4.78, 5) is 20.0. The Morgan fingerprint density at radius 1 is 1.18 bits per heavy atom. The highest BCUT2D eigenvalue weighted by Crippen LogP contribution is 2.17. The van der Waals surface area contributed by atoms with E-state index in [1.165, 1.54) is 0 Å². The summed E-state index contributed by atoms with van der Waals surface area (Å²) in [5.74, 6) is 0.672. The normalized spacial score (nSPS) is 10.6. The van der Waals surface area contributed by atoms with Gasteiger partial charge in [0.25, 0.3) is 5.91 Å². The first-order chi connectivity index (χ1) is 10.7. The molecule has 0 saturated heterocycles. The molecule has 5 heteroatoms. The van der Waals surface area contributed by atoms with E-state index in [-0.39, 0.29) is 5.91 Å². The summed E-state index contributed by atoms with van der Waals surface area (Å²) in [6.07, 6.45) is 1.62. The Kier molecular flexibility index (Phi) is 4.34. The summed E-state index contributed by atoms with van der Waals surface area (Å²) in [6.45, 7) is 2.86. The zero-order valence-electron chi connectivity index (χ0n) is 12.2. The van der Waals surface area contributed by atoms with Crippen molar-refractivity contribution in [3.8, 4) is 0 Å². The Balaban J connectivity index is 1.85. The van der Waals surface area contributed by atoms with Crippen LogP contribution in [0.3, 0.4) is 0 Å². The van der Waals surface area contributed by atoms with Crippen molar-refractivity contribution < 1.29 is 9.21 Å². The molecule has 0 atom stereocenters. The van der Waals surface area contributed by atoms with E-state index in [4.69, 9.17) is 4.42 Å². The molecule has 0 aliphatic carbocycles. The summed E-state index contributed by atoms with van der Waals surface area (Å²) < 4.78 is 5.38. The number of carbonyl (C=O) groups excluding carboxylic acids is 1. The predicted molar refractivity (Wildman–Crippen MR) is 85.6 cm³/mol. The van der Waals surface area contributed by atoms with Gasteiger partial charge in [-0.3, -0.25) is 4.79 Å². The Morgan fingerprint density at radius 3 is 2.77 bits per heavy atom. The quantitative estimate of drug-likeness (QED) is 0.718. The lowest BCUT2D eigenvalue weighted by atomic mass is 10.2. The molecule has 0 N–H and O–H groups in total. The molecule has 3 aromatic heterocycles. The van der Waals surface area contributed by atoms with Crippen LogP contribution in [0.1, 0.15) is 26.8 Å². The van der Waals surface area contributed by atoms with Crippen LogP contribution in [0.25, 0.3) is 0 Å². The molecule has 1 amide bonds. The van der Waals surface area contributed by atoms with Crippen LogP contribution in [0.15, 0.2) is 58.5 Å². The first-order valence-electron chi connectivity index (χ1n) is 7.00. The van der Waals surface area contributed by atoms with Gasteiger partial charge in [-0.05, 0) is 42.6 Å². The Labute approximate surface area is 133 Å². The second kappa shape index (κ2) is 6.58. The number of hydrogen-bond acceptors (Lipinski definition) is 4. The average Bonchev–Trinajstić information content (AvgIpc) is 3.19. The number of thiophene rings is 1. The van der Waals surface area contributed by atoms with Crippen molar-refractivity contribution in [1.29, 1.82) is 0 Å². The average molecular weight is 312 g/mol. The molecule has 112 valence electrons. The summed E-state index contributed by atoms with van der Waals surface area (Å²) in [5.41, 5.74) is 1.29. The summed E-state index contributed by atoms with van der Waals surface area (Å²) in [5, 5.41) is 2.01. The van der Waals surface area contributed by atoms with Gasteiger partial charge < -0.3 is 9.32 Å². The van der Waals surface area contributed by atoms with Crippen molar-refractivity contribution in [2.75, 3.05) is 0 Å². The third-order valence-electron chi connectivity index (χ3n) is 3.25. The van der Waals surface area contributed by atoms with Gasteiger partial charge in [0.1, 0.15) is 11.5 Å². The smallest absolute Gasteiger partial charge is 0.273 e. The monoisotopic (exact) mass is 312 g/mol. The largest absolute Gasteiger partial charge is 0.467 e. The van der Waals surface area contributed by atoms with Crippen LogP contribution in [0.5, 0.6) is 0 Å². The number of amides is 1. The molecule has 22 heavy (non-hydrogen) atoms. The molecular formula is C17H16N2O2S. The molecule has 0 bridgehead atoms. The molecule has 0 aromatic carbocycles. The maximum atomic E-state index is 12.8. The van der Waals surface area contributed by atoms with Gasteiger partial charge in [0.15, 0.2) is 0 Å². The lowest BCUT2D eigenvalue weighted by Gasteiger charge is -2.20. The molecular weight excluding hydrogens is 296 g/mol. The third-order valence-corrected chi connectivity index (χ3v) is 4.11. The van der Waals surface area contributed by atoms with E-state index in [0.29, 0.717) is 18.8 Å². The zero-order chi connectivity index (χ0) is 15.4. The minimum Gasteiger partial charge on any atom is -0.467 e. The van der Waals surface area contributed by atoms with Gasteiger partial charge in [0.2, 0.25) is 0 Å². The first-order valence-corrected chi connectivity index (χ1v) is 7.88. The number of hydrogen-bond donors (Lipinski definition) is 0. The second-order valence-electron chi connectivity index (χ2n) is 4.98. The number of nitrogens with zero attached hydrogens (tertiary/aromatic N) is 2. The van der Waals surface area contributed by atoms with Gasteiger partial charge in [-0.1, -0.05) is 12.1 Å². The lowest BCUT2D eigenvalue weighted by molar-refractivity contribution is 0.0713. The standard InChI is InChI=1S/C17H16N2O2S/c1-13-5-2-8-16(18-13)17(20)19(11-14-6-3-9-21-14)12-15-7-4-10-22-15/h2-10H,11-12H2,1H3. The molecule has 3 aromatic rings. The molecule has 0 aliphatic heterocycles. The van der Waals surface area contributed by atoms with Gasteiger partial charge in [-0.2, -0.15) is 0 Å². The molecule has 3 heterocycles. The number of rotatable bonds is 5. The van der Waals surface area contributed by atoms with Crippen LogP contribution >= 0.6 is 11.3 Å². The Morgan fingerprint density at radius 2 is 2.09 bits per heavy atom. The maximum Gasteiger partial charge on any atom is 0.273 e. The van der Waals surface area contributed by atoms with Crippen molar-refractivity contribution in [3.05, 3.63) is 76.1 Å². The fraction of sp³-hybridized carbons (Fsp3) is 0.176. The summed E-state index contributed by atoms with van der Waals surface area (Å²) in [6, 6.07) is 13.2. The highest BCUT2D eigenvalue weighted by Gasteiger charge is 2.19. The fourth-order valence-corrected chi connectivity index (χ4v) is 2.92. The molecule has 0 fully saturated rings. The number of carbonyl (C=O) groups is 1. The van der Waals surface area contributed by atoms with Gasteiger partial charge in [-0.25, -0.2) is 4.98 Å². The molecule has 0 aliphatic rings. The van der Waals surface area contributed by atoms with Crippen molar-refractivity contribution >= 4 is 17.2 Å². The third kappa shape index (κ3) is 3.43. The first kappa shape index (κ1) is 14.5. The summed E-state index contributed by atoms with van der Waals surface area (Å²) in [7, 11) is 0. The lowest BCUT2D eigenvalue weighted by Crippen LogP contribution is -2.30. The van der Waals surface area contributed by atoms with Crippen LogP contribution in [0, 0.1) is 6.92 Å². The molecule has 0 radical (unpaired) electrons. The van der Waals surface area contributed by atoms with Crippen LogP contribution < -0.4 is 0 Å². The molecule has 3 rings (SSSR count). The van der Waals surface area contributed by atoms with E-state index in [2.05, 4.69) is 4.98 Å². The van der Waals surface area contributed by atoms with E-state index in [1.54, 1.807) is 28.6 Å². The predicted octanol–water partition coefficient (Wildman–Crippen LogP) is 3.89. The van der Waals surface area contributed by atoms with Crippen LogP contribution in [0.4, 0.5) is 0 Å². The minimum absolute atomic E-state index is 0.0894. The SMILES string of the molecule is Cc1cccc(C(=O)N(Cc2ccco2)Cc2cccs2)n1. The van der Waals surface area contributed by atoms with Crippen LogP contribution in [-0.4, -0.2) is 15.8 Å². The highest BCUT2D eigenvalue weighted by molar-refractivity contribution is 7.09.